The molecule has 0 unspecified atom stereocenters. The summed E-state index contributed by atoms with van der Waals surface area (Å²) in [5.41, 5.74) is 6.33. The van der Waals surface area contributed by atoms with E-state index in [0.29, 0.717) is 22.7 Å². The molecule has 5 heteroatoms. The van der Waals surface area contributed by atoms with E-state index in [1.807, 2.05) is 6.92 Å². The highest BCUT2D eigenvalue weighted by Gasteiger charge is 2.17. The van der Waals surface area contributed by atoms with E-state index in [4.69, 9.17) is 17.3 Å². The lowest BCUT2D eigenvalue weighted by atomic mass is 10.2. The molecule has 0 bridgehead atoms. The Morgan fingerprint density at radius 1 is 1.38 bits per heavy atom. The zero-order chi connectivity index (χ0) is 11.5. The number of hydrogen-bond donors (Lipinski definition) is 2. The number of halogens is 1. The highest BCUT2D eigenvalue weighted by molar-refractivity contribution is 6.32. The number of nitrogens with one attached hydrogen (secondary N) is 1. The van der Waals surface area contributed by atoms with Crippen molar-refractivity contribution in [1.82, 2.24) is 9.97 Å². The van der Waals surface area contributed by atoms with Gasteiger partial charge in [-0.2, -0.15) is 0 Å². The van der Waals surface area contributed by atoms with E-state index in [1.165, 1.54) is 25.7 Å². The second-order valence-electron chi connectivity index (χ2n) is 4.17. The summed E-state index contributed by atoms with van der Waals surface area (Å²) >= 11 is 5.97. The smallest absolute Gasteiger partial charge is 0.157 e. The molecule has 2 rings (SSSR count). The first-order chi connectivity index (χ1) is 7.70. The van der Waals surface area contributed by atoms with Crippen molar-refractivity contribution >= 4 is 23.1 Å². The van der Waals surface area contributed by atoms with Gasteiger partial charge >= 0.3 is 0 Å². The van der Waals surface area contributed by atoms with Gasteiger partial charge in [0.25, 0.3) is 0 Å². The fourth-order valence-corrected chi connectivity index (χ4v) is 2.20. The van der Waals surface area contributed by atoms with Gasteiger partial charge < -0.3 is 11.1 Å². The molecule has 0 aromatic carbocycles. The zero-order valence-corrected chi connectivity index (χ0v) is 10.2. The standard InChI is InChI=1S/C11H17ClN4/c1-2-8-15-10(12)9(13)11(16-8)14-7-5-3-4-6-7/h7H,2-6,13H2,1H3,(H,14,15,16). The van der Waals surface area contributed by atoms with Gasteiger partial charge in [0.1, 0.15) is 11.5 Å². The van der Waals surface area contributed by atoms with Crippen LogP contribution in [0.5, 0.6) is 0 Å². The first-order valence-corrected chi connectivity index (χ1v) is 6.17. The minimum atomic E-state index is 0.354. The van der Waals surface area contributed by atoms with Crippen LogP contribution in [0, 0.1) is 0 Å². The van der Waals surface area contributed by atoms with E-state index in [0.717, 1.165) is 12.2 Å². The Morgan fingerprint density at radius 3 is 2.69 bits per heavy atom. The highest BCUT2D eigenvalue weighted by Crippen LogP contribution is 2.28. The maximum Gasteiger partial charge on any atom is 0.157 e. The predicted molar refractivity (Wildman–Crippen MR) is 66.7 cm³/mol. The van der Waals surface area contributed by atoms with E-state index >= 15 is 0 Å². The van der Waals surface area contributed by atoms with Crippen LogP contribution >= 0.6 is 11.6 Å². The lowest BCUT2D eigenvalue weighted by molar-refractivity contribution is 0.747. The van der Waals surface area contributed by atoms with E-state index in [9.17, 15) is 0 Å². The van der Waals surface area contributed by atoms with E-state index in [1.54, 1.807) is 0 Å². The van der Waals surface area contributed by atoms with Crippen molar-refractivity contribution in [2.45, 2.75) is 45.1 Å². The lowest BCUT2D eigenvalue weighted by Crippen LogP contribution is -2.18. The molecule has 0 saturated heterocycles. The Morgan fingerprint density at radius 2 is 2.06 bits per heavy atom. The molecular formula is C11H17ClN4. The molecule has 1 heterocycles. The van der Waals surface area contributed by atoms with Crippen LogP contribution in [0.4, 0.5) is 11.5 Å². The van der Waals surface area contributed by atoms with Crippen LogP contribution in [-0.2, 0) is 6.42 Å². The SMILES string of the molecule is CCc1nc(Cl)c(N)c(NC2CCCC2)n1. The molecule has 4 nitrogen and oxygen atoms in total. The molecular weight excluding hydrogens is 224 g/mol. The Bertz CT molecular complexity index is 374. The fraction of sp³-hybridized carbons (Fsp3) is 0.636. The molecule has 0 aliphatic heterocycles. The summed E-state index contributed by atoms with van der Waals surface area (Å²) in [7, 11) is 0. The molecule has 1 aromatic heterocycles. The molecule has 1 aliphatic carbocycles. The summed E-state index contributed by atoms with van der Waals surface area (Å²) in [6.45, 7) is 2.00. The number of nitrogen functional groups attached to an aromatic ring is 1. The maximum atomic E-state index is 5.97. The molecule has 0 atom stereocenters. The molecule has 0 amide bonds. The Kier molecular flexibility index (Phi) is 3.49. The average Bonchev–Trinajstić information content (AvgIpc) is 2.77. The summed E-state index contributed by atoms with van der Waals surface area (Å²) < 4.78 is 0. The van der Waals surface area contributed by atoms with Crippen molar-refractivity contribution in [2.75, 3.05) is 11.1 Å². The molecule has 16 heavy (non-hydrogen) atoms. The number of anilines is 2. The third kappa shape index (κ3) is 2.38. The average molecular weight is 241 g/mol. The van der Waals surface area contributed by atoms with Crippen LogP contribution < -0.4 is 11.1 Å². The summed E-state index contributed by atoms with van der Waals surface area (Å²) in [5, 5.41) is 3.72. The molecule has 0 radical (unpaired) electrons. The van der Waals surface area contributed by atoms with Crippen molar-refractivity contribution in [2.24, 2.45) is 0 Å². The number of hydrogen-bond acceptors (Lipinski definition) is 4. The van der Waals surface area contributed by atoms with Gasteiger partial charge in [-0.3, -0.25) is 0 Å². The second-order valence-corrected chi connectivity index (χ2v) is 4.53. The first kappa shape index (κ1) is 11.5. The van der Waals surface area contributed by atoms with Crippen molar-refractivity contribution in [3.63, 3.8) is 0 Å². The Labute approximate surface area is 101 Å². The zero-order valence-electron chi connectivity index (χ0n) is 9.46. The number of aromatic nitrogens is 2. The monoisotopic (exact) mass is 240 g/mol. The van der Waals surface area contributed by atoms with E-state index < -0.39 is 0 Å². The molecule has 3 N–H and O–H groups in total. The minimum absolute atomic E-state index is 0.354. The summed E-state index contributed by atoms with van der Waals surface area (Å²) in [6.07, 6.45) is 5.68. The van der Waals surface area contributed by atoms with Crippen molar-refractivity contribution in [3.05, 3.63) is 11.0 Å². The topological polar surface area (TPSA) is 63.8 Å². The number of rotatable bonds is 3. The molecule has 1 saturated carbocycles. The third-order valence-electron chi connectivity index (χ3n) is 2.96. The first-order valence-electron chi connectivity index (χ1n) is 5.79. The van der Waals surface area contributed by atoms with Gasteiger partial charge in [-0.05, 0) is 12.8 Å². The van der Waals surface area contributed by atoms with Gasteiger partial charge in [0, 0.05) is 12.5 Å². The van der Waals surface area contributed by atoms with Crippen molar-refractivity contribution < 1.29 is 0 Å². The number of nitrogens with two attached hydrogens (primary N) is 1. The Hall–Kier alpha value is -1.03. The van der Waals surface area contributed by atoms with Gasteiger partial charge in [0.05, 0.1) is 0 Å². The fourth-order valence-electron chi connectivity index (χ4n) is 2.02. The highest BCUT2D eigenvalue weighted by atomic mass is 35.5. The Balaban J connectivity index is 2.20. The van der Waals surface area contributed by atoms with E-state index in [2.05, 4.69) is 15.3 Å². The summed E-state index contributed by atoms with van der Waals surface area (Å²) in [5.74, 6) is 1.43. The largest absolute Gasteiger partial charge is 0.393 e. The van der Waals surface area contributed by atoms with Crippen LogP contribution in [0.25, 0.3) is 0 Å². The van der Waals surface area contributed by atoms with E-state index in [-0.39, 0.29) is 0 Å². The van der Waals surface area contributed by atoms with Gasteiger partial charge in [-0.15, -0.1) is 0 Å². The summed E-state index contributed by atoms with van der Waals surface area (Å²) in [4.78, 5) is 8.50. The van der Waals surface area contributed by atoms with Crippen LogP contribution in [-0.4, -0.2) is 16.0 Å². The van der Waals surface area contributed by atoms with Crippen LogP contribution in [0.15, 0.2) is 0 Å². The quantitative estimate of drug-likeness (QED) is 0.798. The van der Waals surface area contributed by atoms with Gasteiger partial charge in [-0.25, -0.2) is 9.97 Å². The molecule has 1 aliphatic rings. The van der Waals surface area contributed by atoms with Crippen molar-refractivity contribution in [1.29, 1.82) is 0 Å². The molecule has 1 fully saturated rings. The van der Waals surface area contributed by atoms with Crippen molar-refractivity contribution in [3.8, 4) is 0 Å². The molecule has 1 aromatic rings. The summed E-state index contributed by atoms with van der Waals surface area (Å²) in [6, 6.07) is 0.484. The number of nitrogens with zero attached hydrogens (tertiary/aromatic N) is 2. The van der Waals surface area contributed by atoms with Crippen LogP contribution in [0.3, 0.4) is 0 Å². The predicted octanol–water partition coefficient (Wildman–Crippen LogP) is 2.63. The maximum absolute atomic E-state index is 5.97. The number of aryl methyl sites for hydroxylation is 1. The molecule has 0 spiro atoms. The minimum Gasteiger partial charge on any atom is -0.393 e. The second kappa shape index (κ2) is 4.87. The van der Waals surface area contributed by atoms with Gasteiger partial charge in [0.15, 0.2) is 11.0 Å². The van der Waals surface area contributed by atoms with Gasteiger partial charge in [0.2, 0.25) is 0 Å². The molecule has 88 valence electrons. The normalized spacial score (nSPS) is 16.6. The van der Waals surface area contributed by atoms with Gasteiger partial charge in [-0.1, -0.05) is 31.4 Å². The third-order valence-corrected chi connectivity index (χ3v) is 3.25. The van der Waals surface area contributed by atoms with Crippen LogP contribution in [0.2, 0.25) is 5.15 Å². The lowest BCUT2D eigenvalue weighted by Gasteiger charge is -2.15. The van der Waals surface area contributed by atoms with Crippen LogP contribution in [0.1, 0.15) is 38.4 Å².